The maximum absolute atomic E-state index is 12.0. The smallest absolute Gasteiger partial charge is 0.262 e. The van der Waals surface area contributed by atoms with Gasteiger partial charge >= 0.3 is 0 Å². The fourth-order valence-corrected chi connectivity index (χ4v) is 3.01. The Labute approximate surface area is 151 Å². The number of benzene rings is 2. The number of nitrogens with one attached hydrogen (secondary N) is 1. The van der Waals surface area contributed by atoms with Crippen LogP contribution in [0.15, 0.2) is 71.0 Å². The number of amides is 1. The highest BCUT2D eigenvalue weighted by molar-refractivity contribution is 7.99. The SMILES string of the molecule is Cc1cccc(OCC(=O)Nc2ccc(Sc3nccn3C)cc2)c1. The van der Waals surface area contributed by atoms with E-state index in [4.69, 9.17) is 4.74 Å². The number of carbonyl (C=O) groups is 1. The minimum absolute atomic E-state index is 0.0206. The zero-order valence-electron chi connectivity index (χ0n) is 14.1. The summed E-state index contributed by atoms with van der Waals surface area (Å²) in [4.78, 5) is 17.3. The number of rotatable bonds is 6. The van der Waals surface area contributed by atoms with Crippen molar-refractivity contribution in [3.63, 3.8) is 0 Å². The maximum Gasteiger partial charge on any atom is 0.262 e. The van der Waals surface area contributed by atoms with E-state index in [-0.39, 0.29) is 12.5 Å². The molecule has 6 heteroatoms. The molecule has 0 aliphatic heterocycles. The van der Waals surface area contributed by atoms with E-state index in [0.717, 1.165) is 21.3 Å². The molecular formula is C19H19N3O2S. The molecular weight excluding hydrogens is 334 g/mol. The molecule has 0 fully saturated rings. The predicted molar refractivity (Wildman–Crippen MR) is 99.1 cm³/mol. The van der Waals surface area contributed by atoms with Crippen molar-refractivity contribution < 1.29 is 9.53 Å². The number of hydrogen-bond acceptors (Lipinski definition) is 4. The van der Waals surface area contributed by atoms with Crippen LogP contribution >= 0.6 is 11.8 Å². The van der Waals surface area contributed by atoms with E-state index < -0.39 is 0 Å². The minimum atomic E-state index is -0.189. The van der Waals surface area contributed by atoms with E-state index in [0.29, 0.717) is 5.75 Å². The second kappa shape index (κ2) is 7.90. The van der Waals surface area contributed by atoms with Gasteiger partial charge in [0.2, 0.25) is 0 Å². The summed E-state index contributed by atoms with van der Waals surface area (Å²) in [5.74, 6) is 0.503. The van der Waals surface area contributed by atoms with Gasteiger partial charge in [-0.05, 0) is 48.9 Å². The van der Waals surface area contributed by atoms with Crippen LogP contribution in [0.3, 0.4) is 0 Å². The number of nitrogens with zero attached hydrogens (tertiary/aromatic N) is 2. The predicted octanol–water partition coefficient (Wildman–Crippen LogP) is 3.90. The summed E-state index contributed by atoms with van der Waals surface area (Å²) in [5, 5.41) is 3.75. The third kappa shape index (κ3) is 4.87. The summed E-state index contributed by atoms with van der Waals surface area (Å²) >= 11 is 1.57. The first kappa shape index (κ1) is 17.1. The van der Waals surface area contributed by atoms with Gasteiger partial charge in [-0.25, -0.2) is 4.98 Å². The van der Waals surface area contributed by atoms with Crippen LogP contribution in [-0.4, -0.2) is 22.1 Å². The van der Waals surface area contributed by atoms with Crippen molar-refractivity contribution in [2.75, 3.05) is 11.9 Å². The maximum atomic E-state index is 12.0. The zero-order chi connectivity index (χ0) is 17.6. The molecule has 0 saturated heterocycles. The van der Waals surface area contributed by atoms with Crippen LogP contribution in [0.1, 0.15) is 5.56 Å². The normalized spacial score (nSPS) is 10.5. The molecule has 0 bridgehead atoms. The van der Waals surface area contributed by atoms with Gasteiger partial charge in [-0.3, -0.25) is 4.79 Å². The van der Waals surface area contributed by atoms with Crippen molar-refractivity contribution in [2.24, 2.45) is 7.05 Å². The van der Waals surface area contributed by atoms with Crippen LogP contribution in [0.4, 0.5) is 5.69 Å². The number of aryl methyl sites for hydroxylation is 2. The molecule has 0 unspecified atom stereocenters. The highest BCUT2D eigenvalue weighted by atomic mass is 32.2. The lowest BCUT2D eigenvalue weighted by molar-refractivity contribution is -0.118. The molecule has 1 amide bonds. The number of imidazole rings is 1. The molecule has 0 radical (unpaired) electrons. The fraction of sp³-hybridized carbons (Fsp3) is 0.158. The van der Waals surface area contributed by atoms with Gasteiger partial charge in [-0.1, -0.05) is 23.9 Å². The number of carbonyl (C=O) groups excluding carboxylic acids is 1. The van der Waals surface area contributed by atoms with Crippen molar-refractivity contribution in [3.8, 4) is 5.75 Å². The average molecular weight is 353 g/mol. The highest BCUT2D eigenvalue weighted by Gasteiger charge is 2.06. The fourth-order valence-electron chi connectivity index (χ4n) is 2.21. The van der Waals surface area contributed by atoms with E-state index in [9.17, 15) is 4.79 Å². The van der Waals surface area contributed by atoms with E-state index in [1.54, 1.807) is 18.0 Å². The van der Waals surface area contributed by atoms with Crippen molar-refractivity contribution >= 4 is 23.4 Å². The molecule has 3 aromatic rings. The Morgan fingerprint density at radius 3 is 2.72 bits per heavy atom. The Kier molecular flexibility index (Phi) is 5.40. The third-order valence-corrected chi connectivity index (χ3v) is 4.57. The topological polar surface area (TPSA) is 56.1 Å². The number of hydrogen-bond donors (Lipinski definition) is 1. The summed E-state index contributed by atoms with van der Waals surface area (Å²) in [6.45, 7) is 1.96. The third-order valence-electron chi connectivity index (χ3n) is 3.48. The van der Waals surface area contributed by atoms with E-state index in [2.05, 4.69) is 10.3 Å². The van der Waals surface area contributed by atoms with Crippen LogP contribution in [0, 0.1) is 6.92 Å². The molecule has 1 aromatic heterocycles. The average Bonchev–Trinajstić information content (AvgIpc) is 3.00. The lowest BCUT2D eigenvalue weighted by Gasteiger charge is -2.08. The monoisotopic (exact) mass is 353 g/mol. The van der Waals surface area contributed by atoms with Crippen LogP contribution < -0.4 is 10.1 Å². The molecule has 5 nitrogen and oxygen atoms in total. The van der Waals surface area contributed by atoms with Crippen molar-refractivity contribution in [1.29, 1.82) is 0 Å². The number of anilines is 1. The second-order valence-corrected chi connectivity index (χ2v) is 6.64. The number of aromatic nitrogens is 2. The molecule has 2 aromatic carbocycles. The Balaban J connectivity index is 1.52. The van der Waals surface area contributed by atoms with Crippen molar-refractivity contribution in [3.05, 3.63) is 66.5 Å². The van der Waals surface area contributed by atoms with Gasteiger partial charge in [-0.2, -0.15) is 0 Å². The molecule has 0 aliphatic carbocycles. The summed E-state index contributed by atoms with van der Waals surface area (Å²) < 4.78 is 7.46. The molecule has 0 spiro atoms. The summed E-state index contributed by atoms with van der Waals surface area (Å²) in [7, 11) is 1.96. The molecule has 0 aliphatic rings. The standard InChI is InChI=1S/C19H19N3O2S/c1-14-4-3-5-16(12-14)24-13-18(23)21-15-6-8-17(9-7-15)25-19-20-10-11-22(19)2/h3-12H,13H2,1-2H3,(H,21,23). The van der Waals surface area contributed by atoms with Crippen LogP contribution in [0.2, 0.25) is 0 Å². The van der Waals surface area contributed by atoms with Crippen LogP contribution in [0.5, 0.6) is 5.75 Å². The number of ether oxygens (including phenoxy) is 1. The summed E-state index contributed by atoms with van der Waals surface area (Å²) in [6.07, 6.45) is 3.68. The first-order valence-electron chi connectivity index (χ1n) is 7.85. The quantitative estimate of drug-likeness (QED) is 0.730. The lowest BCUT2D eigenvalue weighted by atomic mass is 10.2. The van der Waals surface area contributed by atoms with E-state index >= 15 is 0 Å². The van der Waals surface area contributed by atoms with Gasteiger partial charge in [0.15, 0.2) is 11.8 Å². The van der Waals surface area contributed by atoms with Gasteiger partial charge in [0, 0.05) is 30.0 Å². The Morgan fingerprint density at radius 1 is 1.24 bits per heavy atom. The van der Waals surface area contributed by atoms with Crippen LogP contribution in [-0.2, 0) is 11.8 Å². The highest BCUT2D eigenvalue weighted by Crippen LogP contribution is 2.26. The molecule has 1 N–H and O–H groups in total. The Morgan fingerprint density at radius 2 is 2.04 bits per heavy atom. The van der Waals surface area contributed by atoms with E-state index in [1.807, 2.05) is 73.3 Å². The van der Waals surface area contributed by atoms with Gasteiger partial charge in [-0.15, -0.1) is 0 Å². The molecule has 0 saturated carbocycles. The first-order valence-corrected chi connectivity index (χ1v) is 8.66. The van der Waals surface area contributed by atoms with Gasteiger partial charge in [0.1, 0.15) is 5.75 Å². The van der Waals surface area contributed by atoms with Crippen LogP contribution in [0.25, 0.3) is 0 Å². The van der Waals surface area contributed by atoms with Gasteiger partial charge in [0.05, 0.1) is 0 Å². The minimum Gasteiger partial charge on any atom is -0.484 e. The van der Waals surface area contributed by atoms with Crippen molar-refractivity contribution in [2.45, 2.75) is 17.0 Å². The summed E-state index contributed by atoms with van der Waals surface area (Å²) in [6, 6.07) is 15.3. The molecule has 3 rings (SSSR count). The van der Waals surface area contributed by atoms with Gasteiger partial charge < -0.3 is 14.6 Å². The van der Waals surface area contributed by atoms with E-state index in [1.165, 1.54) is 0 Å². The Bertz CT molecular complexity index is 859. The molecule has 128 valence electrons. The molecule has 1 heterocycles. The molecule has 0 atom stereocenters. The van der Waals surface area contributed by atoms with Gasteiger partial charge in [0.25, 0.3) is 5.91 Å². The Hall–Kier alpha value is -2.73. The largest absolute Gasteiger partial charge is 0.484 e. The lowest BCUT2D eigenvalue weighted by Crippen LogP contribution is -2.20. The van der Waals surface area contributed by atoms with Crippen molar-refractivity contribution in [1.82, 2.24) is 9.55 Å². The second-order valence-electron chi connectivity index (χ2n) is 5.60. The zero-order valence-corrected chi connectivity index (χ0v) is 14.9. The summed E-state index contributed by atoms with van der Waals surface area (Å²) in [5.41, 5.74) is 1.83. The molecule has 25 heavy (non-hydrogen) atoms. The first-order chi connectivity index (χ1) is 12.1.